The Bertz CT molecular complexity index is 842. The number of aromatic nitrogens is 1. The first-order valence-corrected chi connectivity index (χ1v) is 7.89. The van der Waals surface area contributed by atoms with Crippen molar-refractivity contribution < 1.29 is 9.53 Å². The maximum atomic E-state index is 12.2. The van der Waals surface area contributed by atoms with Gasteiger partial charge in [0.15, 0.2) is 0 Å². The van der Waals surface area contributed by atoms with Gasteiger partial charge in [0, 0.05) is 11.3 Å². The average molecular weight is 333 g/mol. The summed E-state index contributed by atoms with van der Waals surface area (Å²) in [7, 11) is 1.63. The number of nitrogens with one attached hydrogen (secondary N) is 2. The standard InChI is InChI=1S/C20H19N3O2/c1-14-3-5-15(6-4-14)20(24)23-19-12-9-17(13-21-19)22-16-7-10-18(25-2)11-8-16/h3-13,22H,1-2H3,(H,21,23,24). The Morgan fingerprint density at radius 3 is 2.20 bits per heavy atom. The Balaban J connectivity index is 1.63. The van der Waals surface area contributed by atoms with E-state index in [1.54, 1.807) is 31.5 Å². The van der Waals surface area contributed by atoms with Crippen molar-refractivity contribution in [1.29, 1.82) is 0 Å². The Hall–Kier alpha value is -3.34. The largest absolute Gasteiger partial charge is 0.497 e. The zero-order chi connectivity index (χ0) is 17.6. The van der Waals surface area contributed by atoms with Gasteiger partial charge in [-0.1, -0.05) is 17.7 Å². The summed E-state index contributed by atoms with van der Waals surface area (Å²) < 4.78 is 5.13. The van der Waals surface area contributed by atoms with Gasteiger partial charge in [-0.15, -0.1) is 0 Å². The number of rotatable bonds is 5. The first-order chi connectivity index (χ1) is 12.1. The molecule has 0 saturated heterocycles. The summed E-state index contributed by atoms with van der Waals surface area (Å²) in [6.45, 7) is 1.98. The molecule has 1 heterocycles. The number of pyridine rings is 1. The second-order valence-electron chi connectivity index (χ2n) is 5.61. The number of hydrogen-bond acceptors (Lipinski definition) is 4. The molecule has 0 aliphatic heterocycles. The number of aryl methyl sites for hydroxylation is 1. The molecule has 5 heteroatoms. The van der Waals surface area contributed by atoms with Crippen LogP contribution in [0.2, 0.25) is 0 Å². The molecule has 25 heavy (non-hydrogen) atoms. The molecule has 0 aliphatic carbocycles. The minimum Gasteiger partial charge on any atom is -0.497 e. The van der Waals surface area contributed by atoms with Crippen molar-refractivity contribution >= 4 is 23.1 Å². The lowest BCUT2D eigenvalue weighted by molar-refractivity contribution is 0.102. The number of hydrogen-bond donors (Lipinski definition) is 2. The Morgan fingerprint density at radius 1 is 0.920 bits per heavy atom. The number of amides is 1. The van der Waals surface area contributed by atoms with Gasteiger partial charge in [-0.3, -0.25) is 4.79 Å². The Morgan fingerprint density at radius 2 is 1.60 bits per heavy atom. The highest BCUT2D eigenvalue weighted by molar-refractivity contribution is 6.03. The molecule has 126 valence electrons. The van der Waals surface area contributed by atoms with Crippen molar-refractivity contribution in [3.05, 3.63) is 78.0 Å². The number of carbonyl (C=O) groups is 1. The van der Waals surface area contributed by atoms with Crippen LogP contribution >= 0.6 is 0 Å². The van der Waals surface area contributed by atoms with Crippen molar-refractivity contribution in [2.45, 2.75) is 6.92 Å². The summed E-state index contributed by atoms with van der Waals surface area (Å²) in [5, 5.41) is 6.03. The van der Waals surface area contributed by atoms with Crippen molar-refractivity contribution in [2.75, 3.05) is 17.7 Å². The summed E-state index contributed by atoms with van der Waals surface area (Å²) in [4.78, 5) is 16.5. The number of carbonyl (C=O) groups excluding carboxylic acids is 1. The Labute approximate surface area is 146 Å². The lowest BCUT2D eigenvalue weighted by atomic mass is 10.1. The van der Waals surface area contributed by atoms with E-state index < -0.39 is 0 Å². The van der Waals surface area contributed by atoms with E-state index in [1.807, 2.05) is 49.4 Å². The van der Waals surface area contributed by atoms with E-state index in [0.717, 1.165) is 22.7 Å². The van der Waals surface area contributed by atoms with Crippen LogP contribution in [-0.4, -0.2) is 18.0 Å². The van der Waals surface area contributed by atoms with Gasteiger partial charge in [-0.2, -0.15) is 0 Å². The average Bonchev–Trinajstić information content (AvgIpc) is 2.64. The van der Waals surface area contributed by atoms with Gasteiger partial charge < -0.3 is 15.4 Å². The van der Waals surface area contributed by atoms with Crippen molar-refractivity contribution in [3.8, 4) is 5.75 Å². The lowest BCUT2D eigenvalue weighted by Crippen LogP contribution is -2.12. The van der Waals surface area contributed by atoms with Crippen LogP contribution in [-0.2, 0) is 0 Å². The molecule has 0 radical (unpaired) electrons. The van der Waals surface area contributed by atoms with E-state index in [1.165, 1.54) is 0 Å². The molecule has 0 bridgehead atoms. The number of ether oxygens (including phenoxy) is 1. The molecule has 0 fully saturated rings. The van der Waals surface area contributed by atoms with Crippen LogP contribution in [0.15, 0.2) is 66.9 Å². The minimum atomic E-state index is -0.177. The monoisotopic (exact) mass is 333 g/mol. The van der Waals surface area contributed by atoms with Crippen LogP contribution < -0.4 is 15.4 Å². The number of benzene rings is 2. The quantitative estimate of drug-likeness (QED) is 0.727. The first kappa shape index (κ1) is 16.5. The maximum Gasteiger partial charge on any atom is 0.256 e. The first-order valence-electron chi connectivity index (χ1n) is 7.89. The van der Waals surface area contributed by atoms with E-state index >= 15 is 0 Å². The molecule has 3 rings (SSSR count). The van der Waals surface area contributed by atoms with Crippen LogP contribution in [0.4, 0.5) is 17.2 Å². The molecule has 0 unspecified atom stereocenters. The third-order valence-corrected chi connectivity index (χ3v) is 3.70. The predicted octanol–water partition coefficient (Wildman–Crippen LogP) is 4.39. The van der Waals surface area contributed by atoms with Gasteiger partial charge in [0.1, 0.15) is 11.6 Å². The topological polar surface area (TPSA) is 63.2 Å². The highest BCUT2D eigenvalue weighted by Crippen LogP contribution is 2.20. The zero-order valence-corrected chi connectivity index (χ0v) is 14.1. The van der Waals surface area contributed by atoms with Crippen molar-refractivity contribution in [1.82, 2.24) is 4.98 Å². The van der Waals surface area contributed by atoms with E-state index in [2.05, 4.69) is 15.6 Å². The fraction of sp³-hybridized carbons (Fsp3) is 0.100. The molecule has 2 aromatic carbocycles. The van der Waals surface area contributed by atoms with E-state index in [0.29, 0.717) is 11.4 Å². The molecule has 0 atom stereocenters. The third-order valence-electron chi connectivity index (χ3n) is 3.70. The molecule has 3 aromatic rings. The van der Waals surface area contributed by atoms with E-state index in [4.69, 9.17) is 4.74 Å². The Kier molecular flexibility index (Phi) is 4.95. The predicted molar refractivity (Wildman–Crippen MR) is 99.6 cm³/mol. The summed E-state index contributed by atoms with van der Waals surface area (Å²) >= 11 is 0. The molecular weight excluding hydrogens is 314 g/mol. The van der Waals surface area contributed by atoms with Gasteiger partial charge in [-0.25, -0.2) is 4.98 Å². The van der Waals surface area contributed by atoms with Crippen LogP contribution in [0.25, 0.3) is 0 Å². The van der Waals surface area contributed by atoms with Gasteiger partial charge in [0.2, 0.25) is 0 Å². The van der Waals surface area contributed by atoms with Crippen LogP contribution in [0.3, 0.4) is 0 Å². The minimum absolute atomic E-state index is 0.177. The summed E-state index contributed by atoms with van der Waals surface area (Å²) in [5.74, 6) is 1.13. The fourth-order valence-electron chi connectivity index (χ4n) is 2.28. The molecule has 5 nitrogen and oxygen atoms in total. The van der Waals surface area contributed by atoms with E-state index in [-0.39, 0.29) is 5.91 Å². The number of methoxy groups -OCH3 is 1. The van der Waals surface area contributed by atoms with Crippen LogP contribution in [0, 0.1) is 6.92 Å². The molecular formula is C20H19N3O2. The third kappa shape index (κ3) is 4.35. The molecule has 0 aliphatic rings. The molecule has 0 saturated carbocycles. The van der Waals surface area contributed by atoms with Crippen molar-refractivity contribution in [2.24, 2.45) is 0 Å². The lowest BCUT2D eigenvalue weighted by Gasteiger charge is -2.09. The number of anilines is 3. The smallest absolute Gasteiger partial charge is 0.256 e. The van der Waals surface area contributed by atoms with E-state index in [9.17, 15) is 4.79 Å². The zero-order valence-electron chi connectivity index (χ0n) is 14.1. The summed E-state index contributed by atoms with van der Waals surface area (Å²) in [6.07, 6.45) is 1.68. The maximum absolute atomic E-state index is 12.2. The summed E-state index contributed by atoms with van der Waals surface area (Å²) in [5.41, 5.74) is 3.48. The second kappa shape index (κ2) is 7.49. The van der Waals surface area contributed by atoms with Crippen molar-refractivity contribution in [3.63, 3.8) is 0 Å². The molecule has 2 N–H and O–H groups in total. The number of nitrogens with zero attached hydrogens (tertiary/aromatic N) is 1. The normalized spacial score (nSPS) is 10.2. The SMILES string of the molecule is COc1ccc(Nc2ccc(NC(=O)c3ccc(C)cc3)nc2)cc1. The second-order valence-corrected chi connectivity index (χ2v) is 5.61. The highest BCUT2D eigenvalue weighted by Gasteiger charge is 2.06. The molecule has 0 spiro atoms. The summed E-state index contributed by atoms with van der Waals surface area (Å²) in [6, 6.07) is 18.6. The molecule has 1 aromatic heterocycles. The molecule has 1 amide bonds. The van der Waals surface area contributed by atoms with Crippen LogP contribution in [0.5, 0.6) is 5.75 Å². The van der Waals surface area contributed by atoms with Gasteiger partial charge in [0.05, 0.1) is 19.0 Å². The highest BCUT2D eigenvalue weighted by atomic mass is 16.5. The van der Waals surface area contributed by atoms with Gasteiger partial charge in [-0.05, 0) is 55.5 Å². The van der Waals surface area contributed by atoms with Gasteiger partial charge >= 0.3 is 0 Å². The fourth-order valence-corrected chi connectivity index (χ4v) is 2.28. The van der Waals surface area contributed by atoms with Crippen LogP contribution in [0.1, 0.15) is 15.9 Å². The van der Waals surface area contributed by atoms with Gasteiger partial charge in [0.25, 0.3) is 5.91 Å².